The molecule has 2 unspecified atom stereocenters. The molecule has 4 aliphatic rings. The number of halogens is 2. The number of likely N-dealkylation sites (N-methyl/N-ethyl adjacent to an activating group) is 2. The van der Waals surface area contributed by atoms with Gasteiger partial charge < -0.3 is 0 Å². The van der Waals surface area contributed by atoms with Crippen molar-refractivity contribution < 1.29 is 14.5 Å². The van der Waals surface area contributed by atoms with E-state index in [1.54, 1.807) is 0 Å². The Balaban J connectivity index is 1.65. The number of para-hydroxylation sites is 2. The van der Waals surface area contributed by atoms with Gasteiger partial charge in [0.2, 0.25) is 0 Å². The Kier molecular flexibility index (Phi) is 4.72. The van der Waals surface area contributed by atoms with Crippen molar-refractivity contribution in [1.82, 2.24) is 0 Å². The standard InChI is InChI=1S/2C14H14N.2ClH.Ti/c2*1-9-8-12-11-6-4-5-7-13(11)15(3)14(12)10(9)2;;;/h2*4-7,14H,1-3H3;2*1H;/q;;;;+2/p-2. The molecule has 2 atom stereocenters. The molecular weight excluding hydrogens is 483 g/mol. The van der Waals surface area contributed by atoms with Gasteiger partial charge in [0, 0.05) is 0 Å². The SMILES string of the molecule is CC1=C(C)C2C(=[C]1[Ti]([Cl])([Cl])[C]1=C3c4ccccc4N(C)C3C(C)=C1C)c1ccccc1N2C. The van der Waals surface area contributed by atoms with Crippen LogP contribution in [0.1, 0.15) is 38.8 Å². The first-order valence-corrected chi connectivity index (χ1v) is 17.4. The first-order chi connectivity index (χ1) is 15.7. The zero-order valence-corrected chi connectivity index (χ0v) is 23.0. The van der Waals surface area contributed by atoms with Gasteiger partial charge in [0.25, 0.3) is 0 Å². The second-order valence-electron chi connectivity index (χ2n) is 9.83. The van der Waals surface area contributed by atoms with Crippen molar-refractivity contribution in [3.8, 4) is 0 Å². The van der Waals surface area contributed by atoms with E-state index in [-0.39, 0.29) is 12.1 Å². The van der Waals surface area contributed by atoms with Crippen LogP contribution in [0.25, 0.3) is 11.1 Å². The summed E-state index contributed by atoms with van der Waals surface area (Å²) in [5, 5.41) is 0. The summed E-state index contributed by atoms with van der Waals surface area (Å²) in [6, 6.07) is 17.8. The van der Waals surface area contributed by atoms with Crippen LogP contribution in [0.15, 0.2) is 78.6 Å². The van der Waals surface area contributed by atoms with E-state index in [9.17, 15) is 0 Å². The third-order valence-corrected chi connectivity index (χ3v) is 15.5. The fourth-order valence-corrected chi connectivity index (χ4v) is 15.1. The summed E-state index contributed by atoms with van der Waals surface area (Å²) in [7, 11) is 19.9. The molecule has 0 saturated heterocycles. The van der Waals surface area contributed by atoms with Crippen molar-refractivity contribution in [3.63, 3.8) is 0 Å². The van der Waals surface area contributed by atoms with E-state index < -0.39 is 14.5 Å². The van der Waals surface area contributed by atoms with Gasteiger partial charge in [-0.3, -0.25) is 0 Å². The number of benzene rings is 2. The van der Waals surface area contributed by atoms with Crippen molar-refractivity contribution in [1.29, 1.82) is 0 Å². The van der Waals surface area contributed by atoms with E-state index in [0.717, 1.165) is 0 Å². The normalized spacial score (nSPS) is 23.8. The molecule has 0 fully saturated rings. The molecule has 2 aliphatic heterocycles. The van der Waals surface area contributed by atoms with Gasteiger partial charge in [0.15, 0.2) is 0 Å². The molecule has 0 amide bonds. The maximum atomic E-state index is 7.76. The summed E-state index contributed by atoms with van der Waals surface area (Å²) >= 11 is -3.76. The average Bonchev–Trinajstić information content (AvgIpc) is 3.43. The van der Waals surface area contributed by atoms with Gasteiger partial charge in [-0.1, -0.05) is 0 Å². The molecule has 2 aromatic carbocycles. The predicted octanol–water partition coefficient (Wildman–Crippen LogP) is 7.61. The van der Waals surface area contributed by atoms with Crippen molar-refractivity contribution in [2.75, 3.05) is 23.9 Å². The Hall–Kier alpha value is -1.71. The summed E-state index contributed by atoms with van der Waals surface area (Å²) in [6.45, 7) is 8.97. The van der Waals surface area contributed by atoms with Crippen molar-refractivity contribution in [2.45, 2.75) is 39.8 Å². The number of nitrogens with zero attached hydrogens (tertiary/aromatic N) is 2. The van der Waals surface area contributed by atoms with Crippen molar-refractivity contribution in [2.24, 2.45) is 0 Å². The molecule has 2 heterocycles. The molecule has 5 heteroatoms. The number of rotatable bonds is 2. The Labute approximate surface area is 208 Å². The van der Waals surface area contributed by atoms with Crippen LogP contribution in [0.5, 0.6) is 0 Å². The van der Waals surface area contributed by atoms with Gasteiger partial charge >= 0.3 is 209 Å². The summed E-state index contributed by atoms with van der Waals surface area (Å²) in [5.74, 6) is 0. The predicted molar refractivity (Wildman–Crippen MR) is 140 cm³/mol. The van der Waals surface area contributed by atoms with Crippen LogP contribution in [-0.4, -0.2) is 26.2 Å². The van der Waals surface area contributed by atoms with Gasteiger partial charge in [0.1, 0.15) is 0 Å². The molecule has 0 bridgehead atoms. The van der Waals surface area contributed by atoms with Crippen molar-refractivity contribution >= 4 is 41.1 Å². The number of fused-ring (bicyclic) bond motifs is 6. The molecule has 0 radical (unpaired) electrons. The second-order valence-corrected chi connectivity index (χ2v) is 18.7. The van der Waals surface area contributed by atoms with Crippen LogP contribution in [0, 0.1) is 0 Å². The van der Waals surface area contributed by atoms with E-state index in [1.807, 2.05) is 0 Å². The monoisotopic (exact) mass is 510 g/mol. The number of hydrogen-bond donors (Lipinski definition) is 0. The summed E-state index contributed by atoms with van der Waals surface area (Å²) < 4.78 is 2.50. The van der Waals surface area contributed by atoms with E-state index >= 15 is 0 Å². The van der Waals surface area contributed by atoms with E-state index in [4.69, 9.17) is 18.6 Å². The van der Waals surface area contributed by atoms with Gasteiger partial charge in [-0.2, -0.15) is 0 Å². The van der Waals surface area contributed by atoms with Gasteiger partial charge in [-0.15, -0.1) is 0 Å². The molecule has 0 saturated carbocycles. The quantitative estimate of drug-likeness (QED) is 0.383. The van der Waals surface area contributed by atoms with Gasteiger partial charge in [-0.05, 0) is 0 Å². The number of hydrogen-bond acceptors (Lipinski definition) is 2. The minimum absolute atomic E-state index is 0.228. The van der Waals surface area contributed by atoms with Crippen LogP contribution >= 0.6 is 18.6 Å². The van der Waals surface area contributed by atoms with Crippen molar-refractivity contribution in [3.05, 3.63) is 89.7 Å². The Morgan fingerprint density at radius 1 is 0.636 bits per heavy atom. The summed E-state index contributed by atoms with van der Waals surface area (Å²) in [4.78, 5) is 4.79. The molecular formula is C28H28Cl2N2Ti. The van der Waals surface area contributed by atoms with Crippen LogP contribution in [0.3, 0.4) is 0 Å². The molecule has 6 rings (SSSR count). The molecule has 168 valence electrons. The maximum absolute atomic E-state index is 7.76. The zero-order valence-electron chi connectivity index (χ0n) is 19.9. The first kappa shape index (κ1) is 21.8. The van der Waals surface area contributed by atoms with Crippen LogP contribution < -0.4 is 9.80 Å². The third kappa shape index (κ3) is 2.62. The van der Waals surface area contributed by atoms with E-state index in [2.05, 4.69) is 100 Å². The van der Waals surface area contributed by atoms with Crippen LogP contribution in [0.2, 0.25) is 0 Å². The average molecular weight is 511 g/mol. The molecule has 2 aliphatic carbocycles. The Morgan fingerprint density at radius 2 is 1.00 bits per heavy atom. The van der Waals surface area contributed by atoms with Gasteiger partial charge in [-0.25, -0.2) is 0 Å². The first-order valence-electron chi connectivity index (χ1n) is 11.5. The zero-order chi connectivity index (χ0) is 23.4. The number of anilines is 2. The van der Waals surface area contributed by atoms with E-state index in [1.165, 1.54) is 63.7 Å². The minimum atomic E-state index is -3.76. The molecule has 0 aromatic heterocycles. The Morgan fingerprint density at radius 3 is 1.39 bits per heavy atom. The molecule has 0 spiro atoms. The second kappa shape index (κ2) is 7.15. The summed E-state index contributed by atoms with van der Waals surface area (Å²) in [5.41, 5.74) is 13.1. The fourth-order valence-electron chi connectivity index (χ4n) is 6.68. The van der Waals surface area contributed by atoms with Crippen LogP contribution in [0.4, 0.5) is 11.4 Å². The molecule has 33 heavy (non-hydrogen) atoms. The Bertz CT molecular complexity index is 1270. The molecule has 2 aromatic rings. The molecule has 2 nitrogen and oxygen atoms in total. The summed E-state index contributed by atoms with van der Waals surface area (Å²) in [6.07, 6.45) is 0. The molecule has 0 N–H and O–H groups in total. The number of allylic oxidation sites excluding steroid dienone is 4. The van der Waals surface area contributed by atoms with Crippen LogP contribution in [-0.2, 0) is 14.5 Å². The van der Waals surface area contributed by atoms with Gasteiger partial charge in [0.05, 0.1) is 0 Å². The third-order valence-electron chi connectivity index (χ3n) is 8.39. The van der Waals surface area contributed by atoms with E-state index in [0.29, 0.717) is 0 Å². The topological polar surface area (TPSA) is 6.48 Å². The fraction of sp³-hybridized carbons (Fsp3) is 0.286.